The van der Waals surface area contributed by atoms with Crippen molar-refractivity contribution >= 4 is 15.9 Å². The molecule has 0 unspecified atom stereocenters. The van der Waals surface area contributed by atoms with E-state index < -0.39 is 15.8 Å². The van der Waals surface area contributed by atoms with Crippen LogP contribution in [-0.2, 0) is 23.1 Å². The van der Waals surface area contributed by atoms with Crippen LogP contribution in [0.5, 0.6) is 5.75 Å². The number of hydrogen-bond donors (Lipinski definition) is 1. The second kappa shape index (κ2) is 9.72. The lowest BCUT2D eigenvalue weighted by Crippen LogP contribution is -2.27. The predicted molar refractivity (Wildman–Crippen MR) is 116 cm³/mol. The summed E-state index contributed by atoms with van der Waals surface area (Å²) in [5.74, 6) is -0.770. The minimum atomic E-state index is -3.80. The van der Waals surface area contributed by atoms with Gasteiger partial charge < -0.3 is 9.64 Å². The number of sulfonamides is 1. The van der Waals surface area contributed by atoms with E-state index >= 15 is 0 Å². The van der Waals surface area contributed by atoms with Crippen LogP contribution in [0.3, 0.4) is 0 Å². The van der Waals surface area contributed by atoms with Gasteiger partial charge in [-0.3, -0.25) is 4.79 Å². The van der Waals surface area contributed by atoms with Gasteiger partial charge in [0.2, 0.25) is 10.0 Å². The third-order valence-corrected chi connectivity index (χ3v) is 6.08. The number of nitrogens with zero attached hydrogens (tertiary/aromatic N) is 1. The van der Waals surface area contributed by atoms with Gasteiger partial charge >= 0.3 is 0 Å². The predicted octanol–water partition coefficient (Wildman–Crippen LogP) is 3.59. The van der Waals surface area contributed by atoms with Crippen molar-refractivity contribution in [1.82, 2.24) is 9.62 Å². The van der Waals surface area contributed by atoms with Crippen molar-refractivity contribution in [2.45, 2.75) is 18.0 Å². The molecule has 0 saturated carbocycles. The topological polar surface area (TPSA) is 75.7 Å². The Morgan fingerprint density at radius 2 is 1.74 bits per heavy atom. The SMILES string of the molecule is COc1ccc(CN(C)C(=O)c2cccc(S(=O)(=O)NCc3ccccc3)c2)cc1F. The highest BCUT2D eigenvalue weighted by molar-refractivity contribution is 7.89. The Labute approximate surface area is 181 Å². The zero-order valence-corrected chi connectivity index (χ0v) is 18.0. The summed E-state index contributed by atoms with van der Waals surface area (Å²) < 4.78 is 46.6. The van der Waals surface area contributed by atoms with E-state index in [1.165, 1.54) is 42.3 Å². The number of benzene rings is 3. The van der Waals surface area contributed by atoms with E-state index in [0.717, 1.165) is 5.56 Å². The molecular weight excluding hydrogens is 419 g/mol. The molecule has 0 aromatic heterocycles. The standard InChI is InChI=1S/C23H23FN2O4S/c1-26(16-18-11-12-22(30-2)21(24)13-18)23(27)19-9-6-10-20(14-19)31(28,29)25-15-17-7-4-3-5-8-17/h3-14,25H,15-16H2,1-2H3. The summed E-state index contributed by atoms with van der Waals surface area (Å²) in [6.45, 7) is 0.299. The largest absolute Gasteiger partial charge is 0.494 e. The van der Waals surface area contributed by atoms with E-state index in [1.54, 1.807) is 19.2 Å². The summed E-state index contributed by atoms with van der Waals surface area (Å²) in [5, 5.41) is 0. The van der Waals surface area contributed by atoms with Crippen LogP contribution in [-0.4, -0.2) is 33.4 Å². The molecule has 0 saturated heterocycles. The number of amides is 1. The molecule has 6 nitrogen and oxygen atoms in total. The highest BCUT2D eigenvalue weighted by Crippen LogP contribution is 2.19. The molecule has 162 valence electrons. The third kappa shape index (κ3) is 5.68. The quantitative estimate of drug-likeness (QED) is 0.579. The number of methoxy groups -OCH3 is 1. The van der Waals surface area contributed by atoms with Crippen molar-refractivity contribution in [2.24, 2.45) is 0 Å². The van der Waals surface area contributed by atoms with E-state index in [9.17, 15) is 17.6 Å². The Hall–Kier alpha value is -3.23. The fourth-order valence-corrected chi connectivity index (χ4v) is 4.09. The first-order valence-corrected chi connectivity index (χ1v) is 11.0. The highest BCUT2D eigenvalue weighted by Gasteiger charge is 2.18. The molecule has 0 bridgehead atoms. The van der Waals surface area contributed by atoms with Gasteiger partial charge in [-0.2, -0.15) is 0 Å². The van der Waals surface area contributed by atoms with Crippen LogP contribution in [0.15, 0.2) is 77.7 Å². The van der Waals surface area contributed by atoms with E-state index in [0.29, 0.717) is 5.56 Å². The molecule has 0 atom stereocenters. The summed E-state index contributed by atoms with van der Waals surface area (Å²) in [6.07, 6.45) is 0. The van der Waals surface area contributed by atoms with Gasteiger partial charge in [0.05, 0.1) is 12.0 Å². The van der Waals surface area contributed by atoms with Crippen molar-refractivity contribution in [3.63, 3.8) is 0 Å². The zero-order valence-electron chi connectivity index (χ0n) is 17.2. The molecule has 1 amide bonds. The highest BCUT2D eigenvalue weighted by atomic mass is 32.2. The lowest BCUT2D eigenvalue weighted by Gasteiger charge is -2.18. The third-order valence-electron chi connectivity index (χ3n) is 4.68. The maximum Gasteiger partial charge on any atom is 0.253 e. The Balaban J connectivity index is 1.72. The molecule has 0 aliphatic carbocycles. The molecule has 0 fully saturated rings. The number of rotatable bonds is 8. The lowest BCUT2D eigenvalue weighted by molar-refractivity contribution is 0.0784. The molecule has 1 N–H and O–H groups in total. The molecule has 0 aliphatic heterocycles. The van der Waals surface area contributed by atoms with Crippen molar-refractivity contribution in [3.8, 4) is 5.75 Å². The Morgan fingerprint density at radius 3 is 2.42 bits per heavy atom. The Kier molecular flexibility index (Phi) is 7.04. The first-order valence-electron chi connectivity index (χ1n) is 9.51. The van der Waals surface area contributed by atoms with Crippen molar-refractivity contribution in [1.29, 1.82) is 0 Å². The van der Waals surface area contributed by atoms with Gasteiger partial charge in [-0.15, -0.1) is 0 Å². The number of halogens is 1. The van der Waals surface area contributed by atoms with Crippen molar-refractivity contribution in [3.05, 3.63) is 95.3 Å². The molecule has 3 aromatic rings. The Morgan fingerprint density at radius 1 is 1.00 bits per heavy atom. The average Bonchev–Trinajstić information content (AvgIpc) is 2.78. The number of carbonyl (C=O) groups excluding carboxylic acids is 1. The smallest absolute Gasteiger partial charge is 0.253 e. The van der Waals surface area contributed by atoms with Crippen molar-refractivity contribution in [2.75, 3.05) is 14.2 Å². The maximum absolute atomic E-state index is 13.9. The minimum absolute atomic E-state index is 0.00169. The molecule has 0 aliphatic rings. The monoisotopic (exact) mass is 442 g/mol. The fraction of sp³-hybridized carbons (Fsp3) is 0.174. The van der Waals surface area contributed by atoms with Crippen LogP contribution >= 0.6 is 0 Å². The van der Waals surface area contributed by atoms with Gasteiger partial charge in [-0.05, 0) is 41.5 Å². The summed E-state index contributed by atoms with van der Waals surface area (Å²) in [4.78, 5) is 14.2. The molecule has 0 heterocycles. The van der Waals surface area contributed by atoms with Gasteiger partial charge in [0.1, 0.15) is 0 Å². The molecule has 3 aromatic carbocycles. The zero-order chi connectivity index (χ0) is 22.4. The maximum atomic E-state index is 13.9. The van der Waals surface area contributed by atoms with Gasteiger partial charge in [0, 0.05) is 25.7 Å². The van der Waals surface area contributed by atoms with Gasteiger partial charge in [-0.1, -0.05) is 42.5 Å². The van der Waals surface area contributed by atoms with Gasteiger partial charge in [0.15, 0.2) is 11.6 Å². The molecule has 3 rings (SSSR count). The normalized spacial score (nSPS) is 11.2. The summed E-state index contributed by atoms with van der Waals surface area (Å²) in [7, 11) is -0.849. The van der Waals surface area contributed by atoms with Crippen LogP contribution in [0, 0.1) is 5.82 Å². The number of ether oxygens (including phenoxy) is 1. The van der Waals surface area contributed by atoms with Crippen LogP contribution in [0.1, 0.15) is 21.5 Å². The van der Waals surface area contributed by atoms with Crippen LogP contribution in [0.2, 0.25) is 0 Å². The summed E-state index contributed by atoms with van der Waals surface area (Å²) >= 11 is 0. The first kappa shape index (κ1) is 22.5. The van der Waals surface area contributed by atoms with E-state index in [4.69, 9.17) is 4.74 Å². The van der Waals surface area contributed by atoms with E-state index in [2.05, 4.69) is 4.72 Å². The van der Waals surface area contributed by atoms with Crippen molar-refractivity contribution < 1.29 is 22.3 Å². The average molecular weight is 443 g/mol. The molecule has 0 radical (unpaired) electrons. The summed E-state index contributed by atoms with van der Waals surface area (Å²) in [5.41, 5.74) is 1.63. The summed E-state index contributed by atoms with van der Waals surface area (Å²) in [6, 6.07) is 19.4. The van der Waals surface area contributed by atoms with E-state index in [-0.39, 0.29) is 35.2 Å². The lowest BCUT2D eigenvalue weighted by atomic mass is 10.1. The molecular formula is C23H23FN2O4S. The minimum Gasteiger partial charge on any atom is -0.494 e. The fourth-order valence-electron chi connectivity index (χ4n) is 3.03. The van der Waals surface area contributed by atoms with Crippen LogP contribution < -0.4 is 9.46 Å². The second-order valence-electron chi connectivity index (χ2n) is 6.97. The second-order valence-corrected chi connectivity index (χ2v) is 8.74. The molecule has 31 heavy (non-hydrogen) atoms. The van der Waals surface area contributed by atoms with Crippen LogP contribution in [0.25, 0.3) is 0 Å². The molecule has 8 heteroatoms. The van der Waals surface area contributed by atoms with Gasteiger partial charge in [0.25, 0.3) is 5.91 Å². The molecule has 0 spiro atoms. The Bertz CT molecular complexity index is 1170. The first-order chi connectivity index (χ1) is 14.8. The van der Waals surface area contributed by atoms with Crippen LogP contribution in [0.4, 0.5) is 4.39 Å². The van der Waals surface area contributed by atoms with Gasteiger partial charge in [-0.25, -0.2) is 17.5 Å². The number of nitrogens with one attached hydrogen (secondary N) is 1. The number of carbonyl (C=O) groups is 1. The number of hydrogen-bond acceptors (Lipinski definition) is 4. The van der Waals surface area contributed by atoms with E-state index in [1.807, 2.05) is 30.3 Å².